The number of aliphatic hydroxyl groups excluding tert-OH is 1. The summed E-state index contributed by atoms with van der Waals surface area (Å²) in [5, 5.41) is 13.1. The van der Waals surface area contributed by atoms with Crippen molar-refractivity contribution >= 4 is 28.4 Å². The van der Waals surface area contributed by atoms with Gasteiger partial charge in [0.25, 0.3) is 0 Å². The van der Waals surface area contributed by atoms with Gasteiger partial charge in [0.05, 0.1) is 18.8 Å². The van der Waals surface area contributed by atoms with Gasteiger partial charge in [-0.2, -0.15) is 5.10 Å². The molecular weight excluding hydrogens is 336 g/mol. The van der Waals surface area contributed by atoms with Crippen LogP contribution in [0.4, 0.5) is 10.2 Å². The Morgan fingerprint density at radius 3 is 2.82 bits per heavy atom. The molecule has 1 aromatic heterocycles. The summed E-state index contributed by atoms with van der Waals surface area (Å²) in [6.45, 7) is 0.329. The van der Waals surface area contributed by atoms with E-state index in [1.807, 2.05) is 0 Å². The van der Waals surface area contributed by atoms with Gasteiger partial charge in [0.1, 0.15) is 11.6 Å². The highest BCUT2D eigenvalue weighted by Gasteiger charge is 2.10. The molecule has 0 unspecified atom stereocenters. The fourth-order valence-electron chi connectivity index (χ4n) is 1.53. The molecule has 0 radical (unpaired) electrons. The fourth-order valence-corrected chi connectivity index (χ4v) is 2.29. The second-order valence-corrected chi connectivity index (χ2v) is 4.69. The average Bonchev–Trinajstić information content (AvgIpc) is 2.60. The molecular formula is C11H11FIN3O. The number of hydrogen-bond acceptors (Lipinski definition) is 3. The minimum Gasteiger partial charge on any atom is -0.394 e. The fraction of sp³-hybridized carbons (Fsp3) is 0.182. The zero-order valence-corrected chi connectivity index (χ0v) is 11.1. The number of benzene rings is 1. The number of halogens is 2. The molecule has 4 nitrogen and oxygen atoms in total. The maximum absolute atomic E-state index is 13.0. The SMILES string of the molecule is Nc1cc(-c2ccc(F)cc2I)nn1CCO. The number of aromatic nitrogens is 2. The number of aliphatic hydroxyl groups is 1. The number of rotatable bonds is 3. The molecule has 0 atom stereocenters. The summed E-state index contributed by atoms with van der Waals surface area (Å²) in [5.74, 6) is 0.204. The van der Waals surface area contributed by atoms with Gasteiger partial charge in [-0.25, -0.2) is 9.07 Å². The van der Waals surface area contributed by atoms with Crippen LogP contribution in [0.15, 0.2) is 24.3 Å². The Hall–Kier alpha value is -1.15. The van der Waals surface area contributed by atoms with Gasteiger partial charge in [-0.15, -0.1) is 0 Å². The molecule has 0 aliphatic carbocycles. The molecule has 0 saturated carbocycles. The van der Waals surface area contributed by atoms with Crippen molar-refractivity contribution in [3.8, 4) is 11.3 Å². The van der Waals surface area contributed by atoms with Gasteiger partial charge < -0.3 is 10.8 Å². The van der Waals surface area contributed by atoms with E-state index in [2.05, 4.69) is 27.7 Å². The van der Waals surface area contributed by atoms with E-state index in [4.69, 9.17) is 10.8 Å². The van der Waals surface area contributed by atoms with E-state index in [9.17, 15) is 4.39 Å². The van der Waals surface area contributed by atoms with Crippen molar-refractivity contribution in [3.05, 3.63) is 33.7 Å². The molecule has 1 heterocycles. The lowest BCUT2D eigenvalue weighted by molar-refractivity contribution is 0.270. The molecule has 2 rings (SSSR count). The van der Waals surface area contributed by atoms with Gasteiger partial charge in [0.2, 0.25) is 0 Å². The Morgan fingerprint density at radius 2 is 2.18 bits per heavy atom. The number of nitrogens with zero attached hydrogens (tertiary/aromatic N) is 2. The van der Waals surface area contributed by atoms with Crippen LogP contribution < -0.4 is 5.73 Å². The third-order valence-electron chi connectivity index (χ3n) is 2.33. The molecule has 90 valence electrons. The second-order valence-electron chi connectivity index (χ2n) is 3.53. The lowest BCUT2D eigenvalue weighted by Crippen LogP contribution is -2.07. The average molecular weight is 347 g/mol. The van der Waals surface area contributed by atoms with E-state index in [1.54, 1.807) is 12.1 Å². The highest BCUT2D eigenvalue weighted by atomic mass is 127. The molecule has 0 spiro atoms. The van der Waals surface area contributed by atoms with E-state index >= 15 is 0 Å². The Labute approximate surface area is 111 Å². The normalized spacial score (nSPS) is 10.8. The van der Waals surface area contributed by atoms with Gasteiger partial charge in [0, 0.05) is 15.2 Å². The maximum Gasteiger partial charge on any atom is 0.124 e. The topological polar surface area (TPSA) is 64.1 Å². The zero-order valence-electron chi connectivity index (χ0n) is 8.90. The lowest BCUT2D eigenvalue weighted by Gasteiger charge is -2.01. The monoisotopic (exact) mass is 347 g/mol. The van der Waals surface area contributed by atoms with E-state index < -0.39 is 0 Å². The minimum absolute atomic E-state index is 0.0220. The van der Waals surface area contributed by atoms with Crippen LogP contribution in [0.1, 0.15) is 0 Å². The smallest absolute Gasteiger partial charge is 0.124 e. The van der Waals surface area contributed by atoms with Crippen LogP contribution in [0.25, 0.3) is 11.3 Å². The highest BCUT2D eigenvalue weighted by molar-refractivity contribution is 14.1. The molecule has 0 saturated heterocycles. The van der Waals surface area contributed by atoms with Gasteiger partial charge in [-0.3, -0.25) is 0 Å². The summed E-state index contributed by atoms with van der Waals surface area (Å²) < 4.78 is 15.3. The van der Waals surface area contributed by atoms with Crippen LogP contribution in [0.3, 0.4) is 0 Å². The van der Waals surface area contributed by atoms with E-state index in [0.717, 1.165) is 9.13 Å². The van der Waals surface area contributed by atoms with Crippen molar-refractivity contribution in [2.45, 2.75) is 6.54 Å². The van der Waals surface area contributed by atoms with Crippen molar-refractivity contribution in [2.24, 2.45) is 0 Å². The second kappa shape index (κ2) is 5.01. The predicted molar refractivity (Wildman–Crippen MR) is 71.8 cm³/mol. The first-order valence-corrected chi connectivity index (χ1v) is 6.09. The third kappa shape index (κ3) is 2.58. The Balaban J connectivity index is 2.42. The van der Waals surface area contributed by atoms with Crippen molar-refractivity contribution < 1.29 is 9.50 Å². The van der Waals surface area contributed by atoms with E-state index in [1.165, 1.54) is 16.8 Å². The van der Waals surface area contributed by atoms with Crippen LogP contribution in [-0.4, -0.2) is 21.5 Å². The van der Waals surface area contributed by atoms with Crippen molar-refractivity contribution in [2.75, 3.05) is 12.3 Å². The molecule has 0 aliphatic heterocycles. The standard InChI is InChI=1S/C11H11FIN3O/c12-7-1-2-8(9(13)5-7)10-6-11(14)16(15-10)3-4-17/h1-2,5-6,17H,3-4,14H2. The van der Waals surface area contributed by atoms with Crippen molar-refractivity contribution in [1.29, 1.82) is 0 Å². The van der Waals surface area contributed by atoms with E-state index in [0.29, 0.717) is 18.1 Å². The first kappa shape index (κ1) is 12.3. The molecule has 0 fully saturated rings. The van der Waals surface area contributed by atoms with Crippen LogP contribution in [0, 0.1) is 9.39 Å². The molecule has 2 aromatic rings. The van der Waals surface area contributed by atoms with Crippen molar-refractivity contribution in [3.63, 3.8) is 0 Å². The summed E-state index contributed by atoms with van der Waals surface area (Å²) in [4.78, 5) is 0. The first-order chi connectivity index (χ1) is 8.11. The van der Waals surface area contributed by atoms with E-state index in [-0.39, 0.29) is 12.4 Å². The Bertz CT molecular complexity index is 542. The number of nitrogens with two attached hydrogens (primary N) is 1. The lowest BCUT2D eigenvalue weighted by atomic mass is 10.1. The molecule has 17 heavy (non-hydrogen) atoms. The molecule has 6 heteroatoms. The van der Waals surface area contributed by atoms with Crippen molar-refractivity contribution in [1.82, 2.24) is 9.78 Å². The summed E-state index contributed by atoms with van der Waals surface area (Å²) in [5.41, 5.74) is 7.27. The van der Waals surface area contributed by atoms with Gasteiger partial charge in [0.15, 0.2) is 0 Å². The Morgan fingerprint density at radius 1 is 1.41 bits per heavy atom. The quantitative estimate of drug-likeness (QED) is 0.834. The molecule has 0 amide bonds. The largest absolute Gasteiger partial charge is 0.394 e. The van der Waals surface area contributed by atoms with Gasteiger partial charge >= 0.3 is 0 Å². The number of hydrogen-bond donors (Lipinski definition) is 2. The number of nitrogen functional groups attached to an aromatic ring is 1. The first-order valence-electron chi connectivity index (χ1n) is 5.01. The minimum atomic E-state index is -0.277. The molecule has 0 bridgehead atoms. The summed E-state index contributed by atoms with van der Waals surface area (Å²) in [6.07, 6.45) is 0. The predicted octanol–water partition coefficient (Wildman–Crippen LogP) is 1.87. The van der Waals surface area contributed by atoms with Crippen LogP contribution in [0.5, 0.6) is 0 Å². The maximum atomic E-state index is 13.0. The van der Waals surface area contributed by atoms with Gasteiger partial charge in [-0.05, 0) is 40.8 Å². The molecule has 1 aromatic carbocycles. The summed E-state index contributed by atoms with van der Waals surface area (Å²) >= 11 is 2.05. The Kier molecular flexibility index (Phi) is 3.63. The van der Waals surface area contributed by atoms with Crippen LogP contribution in [-0.2, 0) is 6.54 Å². The molecule has 3 N–H and O–H groups in total. The zero-order chi connectivity index (χ0) is 12.4. The van der Waals surface area contributed by atoms with Gasteiger partial charge in [-0.1, -0.05) is 0 Å². The van der Waals surface area contributed by atoms with Crippen LogP contribution in [0.2, 0.25) is 0 Å². The number of anilines is 1. The van der Waals surface area contributed by atoms with Crippen LogP contribution >= 0.6 is 22.6 Å². The third-order valence-corrected chi connectivity index (χ3v) is 3.22. The highest BCUT2D eigenvalue weighted by Crippen LogP contribution is 2.26. The summed E-state index contributed by atoms with van der Waals surface area (Å²) in [7, 11) is 0. The molecule has 0 aliphatic rings. The summed E-state index contributed by atoms with van der Waals surface area (Å²) in [6, 6.07) is 6.21.